The van der Waals surface area contributed by atoms with Crippen LogP contribution in [0, 0.1) is 17.3 Å². The Morgan fingerprint density at radius 2 is 1.97 bits per heavy atom. The molecule has 0 spiro atoms. The predicted molar refractivity (Wildman–Crippen MR) is 111 cm³/mol. The lowest BCUT2D eigenvalue weighted by atomic mass is 9.49. The minimum Gasteiger partial charge on any atom is -0.462 e. The van der Waals surface area contributed by atoms with E-state index in [-0.39, 0.29) is 35.7 Å². The second-order valence-corrected chi connectivity index (χ2v) is 9.74. The molecule has 5 heteroatoms. The Balaban J connectivity index is 1.74. The van der Waals surface area contributed by atoms with Crippen molar-refractivity contribution in [2.45, 2.75) is 91.0 Å². The van der Waals surface area contributed by atoms with Crippen LogP contribution in [-0.2, 0) is 23.8 Å². The molecular weight excluding hydrogens is 368 g/mol. The van der Waals surface area contributed by atoms with Gasteiger partial charge in [-0.05, 0) is 63.4 Å². The van der Waals surface area contributed by atoms with Gasteiger partial charge in [-0.3, -0.25) is 9.59 Å². The largest absolute Gasteiger partial charge is 0.462 e. The van der Waals surface area contributed by atoms with Crippen LogP contribution in [0.1, 0.15) is 73.1 Å². The van der Waals surface area contributed by atoms with E-state index in [1.54, 1.807) is 0 Å². The van der Waals surface area contributed by atoms with Crippen LogP contribution < -0.4 is 0 Å². The lowest BCUT2D eigenvalue weighted by Gasteiger charge is -2.57. The number of fused-ring (bicyclic) bond motifs is 2. The van der Waals surface area contributed by atoms with E-state index in [1.807, 2.05) is 13.0 Å². The van der Waals surface area contributed by atoms with Crippen molar-refractivity contribution in [3.63, 3.8) is 0 Å². The van der Waals surface area contributed by atoms with Crippen LogP contribution in [0.15, 0.2) is 23.8 Å². The molecule has 0 bridgehead atoms. The van der Waals surface area contributed by atoms with E-state index in [9.17, 15) is 9.59 Å². The summed E-state index contributed by atoms with van der Waals surface area (Å²) >= 11 is 0. The number of hydrogen-bond donors (Lipinski definition) is 0. The van der Waals surface area contributed by atoms with Crippen LogP contribution in [-0.4, -0.2) is 36.4 Å². The summed E-state index contributed by atoms with van der Waals surface area (Å²) in [6, 6.07) is 0. The standard InChI is InChI=1S/C24H36O5/c1-15(14-27-17(3)25)7-9-21(28-18(4)26)23(5)13-19-16(2)8-10-22-24(6,29-22)12-11-20(19)23/h7,19-22H,2,8-14H2,1,3-6H3. The molecule has 162 valence electrons. The van der Waals surface area contributed by atoms with Gasteiger partial charge in [0.05, 0.1) is 11.7 Å². The molecule has 2 aliphatic carbocycles. The molecule has 0 N–H and O–H groups in total. The number of esters is 2. The number of ether oxygens (including phenoxy) is 3. The van der Waals surface area contributed by atoms with Crippen molar-refractivity contribution >= 4 is 11.9 Å². The maximum atomic E-state index is 11.9. The Bertz CT molecular complexity index is 710. The van der Waals surface area contributed by atoms with Gasteiger partial charge >= 0.3 is 11.9 Å². The van der Waals surface area contributed by atoms with Gasteiger partial charge in [-0.15, -0.1) is 0 Å². The van der Waals surface area contributed by atoms with Crippen molar-refractivity contribution in [2.24, 2.45) is 17.3 Å². The molecule has 29 heavy (non-hydrogen) atoms. The Morgan fingerprint density at radius 1 is 1.24 bits per heavy atom. The van der Waals surface area contributed by atoms with Gasteiger partial charge in [0, 0.05) is 25.7 Å². The van der Waals surface area contributed by atoms with Crippen molar-refractivity contribution in [3.8, 4) is 0 Å². The maximum absolute atomic E-state index is 11.9. The van der Waals surface area contributed by atoms with Gasteiger partial charge in [0.2, 0.25) is 0 Å². The predicted octanol–water partition coefficient (Wildman–Crippen LogP) is 4.75. The lowest BCUT2D eigenvalue weighted by molar-refractivity contribution is -0.170. The molecule has 0 aromatic carbocycles. The highest BCUT2D eigenvalue weighted by molar-refractivity contribution is 5.66. The second-order valence-electron chi connectivity index (χ2n) is 9.74. The van der Waals surface area contributed by atoms with Crippen LogP contribution >= 0.6 is 0 Å². The Labute approximate surface area is 174 Å². The Morgan fingerprint density at radius 3 is 2.62 bits per heavy atom. The first-order valence-corrected chi connectivity index (χ1v) is 10.9. The Hall–Kier alpha value is -1.62. The van der Waals surface area contributed by atoms with Gasteiger partial charge in [-0.1, -0.05) is 25.2 Å². The fourth-order valence-corrected chi connectivity index (χ4v) is 5.45. The lowest BCUT2D eigenvalue weighted by Crippen LogP contribution is -2.54. The van der Waals surface area contributed by atoms with Crippen LogP contribution in [0.25, 0.3) is 0 Å². The van der Waals surface area contributed by atoms with Crippen LogP contribution in [0.3, 0.4) is 0 Å². The first-order chi connectivity index (χ1) is 13.5. The number of allylic oxidation sites excluding steroid dienone is 1. The first kappa shape index (κ1) is 22.1. The minimum atomic E-state index is -0.290. The third kappa shape index (κ3) is 4.76. The van der Waals surface area contributed by atoms with Crippen molar-refractivity contribution < 1.29 is 23.8 Å². The maximum Gasteiger partial charge on any atom is 0.302 e. The van der Waals surface area contributed by atoms with Gasteiger partial charge in [-0.25, -0.2) is 0 Å². The van der Waals surface area contributed by atoms with E-state index in [0.29, 0.717) is 24.4 Å². The zero-order valence-corrected chi connectivity index (χ0v) is 18.6. The summed E-state index contributed by atoms with van der Waals surface area (Å²) < 4.78 is 16.9. The Kier molecular flexibility index (Phi) is 6.28. The molecule has 5 nitrogen and oxygen atoms in total. The van der Waals surface area contributed by atoms with Crippen LogP contribution in [0.2, 0.25) is 0 Å². The fourth-order valence-electron chi connectivity index (χ4n) is 5.45. The van der Waals surface area contributed by atoms with Gasteiger partial charge in [0.1, 0.15) is 12.7 Å². The van der Waals surface area contributed by atoms with Crippen LogP contribution in [0.4, 0.5) is 0 Å². The number of carbonyl (C=O) groups excluding carboxylic acids is 2. The number of carbonyl (C=O) groups is 2. The zero-order chi connectivity index (χ0) is 21.4. The molecule has 3 aliphatic rings. The van der Waals surface area contributed by atoms with Crippen LogP contribution in [0.5, 0.6) is 0 Å². The molecular formula is C24H36O5. The summed E-state index contributed by atoms with van der Waals surface area (Å²) in [7, 11) is 0. The van der Waals surface area contributed by atoms with Crippen molar-refractivity contribution in [1.29, 1.82) is 0 Å². The summed E-state index contributed by atoms with van der Waals surface area (Å²) in [5.74, 6) is 0.415. The van der Waals surface area contributed by atoms with E-state index >= 15 is 0 Å². The minimum absolute atomic E-state index is 0.0170. The average molecular weight is 405 g/mol. The molecule has 3 rings (SSSR count). The van der Waals surface area contributed by atoms with Crippen molar-refractivity contribution in [3.05, 3.63) is 23.8 Å². The summed E-state index contributed by atoms with van der Waals surface area (Å²) in [5, 5.41) is 0. The zero-order valence-electron chi connectivity index (χ0n) is 18.6. The van der Waals surface area contributed by atoms with E-state index < -0.39 is 0 Å². The normalized spacial score (nSPS) is 37.6. The van der Waals surface area contributed by atoms with Gasteiger partial charge in [-0.2, -0.15) is 0 Å². The summed E-state index contributed by atoms with van der Waals surface area (Å²) in [6.45, 7) is 14.0. The van der Waals surface area contributed by atoms with Gasteiger partial charge < -0.3 is 14.2 Å². The quantitative estimate of drug-likeness (QED) is 0.363. The molecule has 1 heterocycles. The first-order valence-electron chi connectivity index (χ1n) is 10.9. The molecule has 0 aromatic heterocycles. The second kappa shape index (κ2) is 8.25. The van der Waals surface area contributed by atoms with Gasteiger partial charge in [0.15, 0.2) is 0 Å². The molecule has 3 fully saturated rings. The molecule has 6 atom stereocenters. The molecule has 1 saturated heterocycles. The molecule has 0 aromatic rings. The van der Waals surface area contributed by atoms with Gasteiger partial charge in [0.25, 0.3) is 0 Å². The SMILES string of the molecule is C=C1CCC2OC2(C)CCC2C1CC2(C)C(CC=C(C)COC(C)=O)OC(C)=O. The monoisotopic (exact) mass is 404 g/mol. The van der Waals surface area contributed by atoms with Crippen molar-refractivity contribution in [2.75, 3.05) is 6.61 Å². The summed E-state index contributed by atoms with van der Waals surface area (Å²) in [5.41, 5.74) is 2.24. The van der Waals surface area contributed by atoms with E-state index in [0.717, 1.165) is 37.7 Å². The number of epoxide rings is 1. The summed E-state index contributed by atoms with van der Waals surface area (Å²) in [6.07, 6.45) is 8.09. The third-order valence-corrected chi connectivity index (χ3v) is 7.46. The topological polar surface area (TPSA) is 65.1 Å². The number of rotatable bonds is 6. The average Bonchev–Trinajstić information content (AvgIpc) is 3.27. The summed E-state index contributed by atoms with van der Waals surface area (Å²) in [4.78, 5) is 22.9. The highest BCUT2D eigenvalue weighted by atomic mass is 16.6. The molecule has 0 radical (unpaired) electrons. The molecule has 0 amide bonds. The highest BCUT2D eigenvalue weighted by Crippen LogP contribution is 2.61. The molecule has 6 unspecified atom stereocenters. The van der Waals surface area contributed by atoms with E-state index in [4.69, 9.17) is 14.2 Å². The fraction of sp³-hybridized carbons (Fsp3) is 0.750. The third-order valence-electron chi connectivity index (χ3n) is 7.46. The smallest absolute Gasteiger partial charge is 0.302 e. The molecule has 2 saturated carbocycles. The van der Waals surface area contributed by atoms with E-state index in [1.165, 1.54) is 19.4 Å². The molecule has 1 aliphatic heterocycles. The number of hydrogen-bond acceptors (Lipinski definition) is 5. The highest BCUT2D eigenvalue weighted by Gasteiger charge is 2.59. The van der Waals surface area contributed by atoms with Crippen molar-refractivity contribution in [1.82, 2.24) is 0 Å². The van der Waals surface area contributed by atoms with E-state index in [2.05, 4.69) is 20.4 Å².